The highest BCUT2D eigenvalue weighted by atomic mass is 79.9. The first-order valence-corrected chi connectivity index (χ1v) is 9.48. The van der Waals surface area contributed by atoms with Crippen LogP contribution in [0.5, 0.6) is 0 Å². The van der Waals surface area contributed by atoms with Crippen LogP contribution in [0.2, 0.25) is 0 Å². The molecule has 5 nitrogen and oxygen atoms in total. The Hall–Kier alpha value is -0.920. The third-order valence-electron chi connectivity index (χ3n) is 2.97. The maximum absolute atomic E-state index is 11.9. The van der Waals surface area contributed by atoms with Crippen LogP contribution in [0.25, 0.3) is 0 Å². The van der Waals surface area contributed by atoms with Gasteiger partial charge in [0.15, 0.2) is 0 Å². The molecule has 1 N–H and O–H groups in total. The molecule has 118 valence electrons. The first kappa shape index (κ1) is 18.1. The Labute approximate surface area is 134 Å². The van der Waals surface area contributed by atoms with Crippen LogP contribution in [0.1, 0.15) is 26.2 Å². The zero-order valence-corrected chi connectivity index (χ0v) is 14.7. The summed E-state index contributed by atoms with van der Waals surface area (Å²) in [4.78, 5) is 11.9. The van der Waals surface area contributed by atoms with E-state index in [4.69, 9.17) is 0 Å². The summed E-state index contributed by atoms with van der Waals surface area (Å²) < 4.78 is 25.5. The predicted octanol–water partition coefficient (Wildman–Crippen LogP) is 2.84. The molecule has 0 aliphatic carbocycles. The Morgan fingerprint density at radius 2 is 1.95 bits per heavy atom. The number of carbonyl (C=O) groups is 1. The number of para-hydroxylation sites is 1. The number of anilines is 1. The third kappa shape index (κ3) is 6.58. The van der Waals surface area contributed by atoms with Gasteiger partial charge in [-0.1, -0.05) is 25.5 Å². The Bertz CT molecular complexity index is 575. The largest absolute Gasteiger partial charge is 0.325 e. The molecule has 21 heavy (non-hydrogen) atoms. The van der Waals surface area contributed by atoms with Gasteiger partial charge >= 0.3 is 0 Å². The van der Waals surface area contributed by atoms with Crippen molar-refractivity contribution in [1.29, 1.82) is 0 Å². The molecule has 0 atom stereocenters. The van der Waals surface area contributed by atoms with E-state index in [9.17, 15) is 13.2 Å². The average molecular weight is 377 g/mol. The molecule has 1 aromatic rings. The summed E-state index contributed by atoms with van der Waals surface area (Å²) in [5.41, 5.74) is 0.682. The minimum Gasteiger partial charge on any atom is -0.325 e. The number of hydrogen-bond acceptors (Lipinski definition) is 3. The number of nitrogens with one attached hydrogen (secondary N) is 1. The highest BCUT2D eigenvalue weighted by molar-refractivity contribution is 9.10. The van der Waals surface area contributed by atoms with E-state index in [-0.39, 0.29) is 18.9 Å². The molecule has 0 spiro atoms. The molecule has 0 heterocycles. The van der Waals surface area contributed by atoms with Crippen molar-refractivity contribution in [2.24, 2.45) is 0 Å². The van der Waals surface area contributed by atoms with E-state index in [0.717, 1.165) is 17.3 Å². The molecule has 0 aromatic heterocycles. The van der Waals surface area contributed by atoms with E-state index in [1.54, 1.807) is 6.07 Å². The fourth-order valence-electron chi connectivity index (χ4n) is 1.78. The number of benzene rings is 1. The molecule has 0 aliphatic heterocycles. The van der Waals surface area contributed by atoms with E-state index in [0.29, 0.717) is 12.2 Å². The maximum atomic E-state index is 11.9. The van der Waals surface area contributed by atoms with Crippen molar-refractivity contribution in [1.82, 2.24) is 4.31 Å². The van der Waals surface area contributed by atoms with Crippen LogP contribution in [0, 0.1) is 0 Å². The molecular weight excluding hydrogens is 356 g/mol. The van der Waals surface area contributed by atoms with Crippen LogP contribution in [0.3, 0.4) is 0 Å². The monoisotopic (exact) mass is 376 g/mol. The van der Waals surface area contributed by atoms with Crippen molar-refractivity contribution in [3.05, 3.63) is 28.7 Å². The fourth-order valence-corrected chi connectivity index (χ4v) is 3.05. The number of carbonyl (C=O) groups excluding carboxylic acids is 1. The summed E-state index contributed by atoms with van der Waals surface area (Å²) in [6.07, 6.45) is 3.01. The minimum atomic E-state index is -3.27. The topological polar surface area (TPSA) is 66.5 Å². The number of amides is 1. The van der Waals surface area contributed by atoms with Gasteiger partial charge in [0, 0.05) is 24.0 Å². The summed E-state index contributed by atoms with van der Waals surface area (Å²) in [6.45, 7) is 2.66. The van der Waals surface area contributed by atoms with Gasteiger partial charge < -0.3 is 5.32 Å². The number of rotatable bonds is 8. The van der Waals surface area contributed by atoms with Crippen LogP contribution >= 0.6 is 15.9 Å². The number of sulfonamides is 1. The van der Waals surface area contributed by atoms with Gasteiger partial charge in [-0.3, -0.25) is 4.79 Å². The highest BCUT2D eigenvalue weighted by Gasteiger charge is 2.17. The molecule has 0 saturated heterocycles. The van der Waals surface area contributed by atoms with Gasteiger partial charge in [0.25, 0.3) is 0 Å². The van der Waals surface area contributed by atoms with Crippen molar-refractivity contribution in [2.75, 3.05) is 24.7 Å². The normalized spacial score (nSPS) is 11.6. The van der Waals surface area contributed by atoms with E-state index < -0.39 is 10.0 Å². The van der Waals surface area contributed by atoms with Gasteiger partial charge in [-0.15, -0.1) is 0 Å². The summed E-state index contributed by atoms with van der Waals surface area (Å²) in [7, 11) is -3.27. The van der Waals surface area contributed by atoms with Crippen molar-refractivity contribution in [3.8, 4) is 0 Å². The highest BCUT2D eigenvalue weighted by Crippen LogP contribution is 2.21. The standard InChI is InChI=1S/C14H21BrN2O3S/c1-3-4-10-17(21(2,19)20)11-9-14(18)16-13-8-6-5-7-12(13)15/h5-8H,3-4,9-11H2,1-2H3,(H,16,18). The molecule has 0 unspecified atom stereocenters. The summed E-state index contributed by atoms with van der Waals surface area (Å²) >= 11 is 3.35. The lowest BCUT2D eigenvalue weighted by atomic mass is 10.3. The number of nitrogens with zero attached hydrogens (tertiary/aromatic N) is 1. The number of unbranched alkanes of at least 4 members (excludes halogenated alkanes) is 1. The quantitative estimate of drug-likeness (QED) is 0.758. The third-order valence-corrected chi connectivity index (χ3v) is 4.96. The molecule has 1 aromatic carbocycles. The van der Waals surface area contributed by atoms with Gasteiger partial charge in [0.1, 0.15) is 0 Å². The number of halogens is 1. The Morgan fingerprint density at radius 1 is 1.29 bits per heavy atom. The van der Waals surface area contributed by atoms with E-state index >= 15 is 0 Å². The van der Waals surface area contributed by atoms with E-state index in [1.165, 1.54) is 10.6 Å². The van der Waals surface area contributed by atoms with E-state index in [2.05, 4.69) is 21.2 Å². The van der Waals surface area contributed by atoms with Crippen LogP contribution in [0.15, 0.2) is 28.7 Å². The molecule has 0 aliphatic rings. The van der Waals surface area contributed by atoms with Crippen molar-refractivity contribution < 1.29 is 13.2 Å². The lowest BCUT2D eigenvalue weighted by Gasteiger charge is -2.19. The summed E-state index contributed by atoms with van der Waals surface area (Å²) in [6, 6.07) is 7.30. The first-order chi connectivity index (χ1) is 9.84. The van der Waals surface area contributed by atoms with Crippen molar-refractivity contribution >= 4 is 37.5 Å². The van der Waals surface area contributed by atoms with Gasteiger partial charge in [0.05, 0.1) is 11.9 Å². The van der Waals surface area contributed by atoms with E-state index in [1.807, 2.05) is 25.1 Å². The fraction of sp³-hybridized carbons (Fsp3) is 0.500. The molecule has 0 bridgehead atoms. The molecule has 1 amide bonds. The van der Waals surface area contributed by atoms with Crippen LogP contribution in [-0.4, -0.2) is 38.0 Å². The second-order valence-electron chi connectivity index (χ2n) is 4.79. The molecule has 0 radical (unpaired) electrons. The first-order valence-electron chi connectivity index (χ1n) is 6.84. The molecule has 1 rings (SSSR count). The van der Waals surface area contributed by atoms with Gasteiger partial charge in [-0.2, -0.15) is 0 Å². The SMILES string of the molecule is CCCCN(CCC(=O)Nc1ccccc1Br)S(C)(=O)=O. The minimum absolute atomic E-state index is 0.137. The van der Waals surface area contributed by atoms with Gasteiger partial charge in [0.2, 0.25) is 15.9 Å². The molecule has 0 fully saturated rings. The Kier molecular flexibility index (Phi) is 7.34. The second kappa shape index (κ2) is 8.51. The molecular formula is C14H21BrN2O3S. The van der Waals surface area contributed by atoms with Crippen LogP contribution in [-0.2, 0) is 14.8 Å². The summed E-state index contributed by atoms with van der Waals surface area (Å²) in [5.74, 6) is -0.202. The van der Waals surface area contributed by atoms with Crippen LogP contribution < -0.4 is 5.32 Å². The van der Waals surface area contributed by atoms with Gasteiger partial charge in [-0.05, 0) is 34.5 Å². The predicted molar refractivity (Wildman–Crippen MR) is 88.7 cm³/mol. The van der Waals surface area contributed by atoms with Gasteiger partial charge in [-0.25, -0.2) is 12.7 Å². The lowest BCUT2D eigenvalue weighted by Crippen LogP contribution is -2.33. The van der Waals surface area contributed by atoms with Crippen LogP contribution in [0.4, 0.5) is 5.69 Å². The smallest absolute Gasteiger partial charge is 0.225 e. The number of hydrogen-bond donors (Lipinski definition) is 1. The molecule has 0 saturated carbocycles. The average Bonchev–Trinajstić information content (AvgIpc) is 2.40. The zero-order valence-electron chi connectivity index (χ0n) is 12.3. The Balaban J connectivity index is 2.56. The molecule has 7 heteroatoms. The Morgan fingerprint density at radius 3 is 2.52 bits per heavy atom. The summed E-state index contributed by atoms with van der Waals surface area (Å²) in [5, 5.41) is 2.77. The second-order valence-corrected chi connectivity index (χ2v) is 7.63. The zero-order chi connectivity index (χ0) is 15.9. The van der Waals surface area contributed by atoms with Crippen molar-refractivity contribution in [3.63, 3.8) is 0 Å². The van der Waals surface area contributed by atoms with Crippen molar-refractivity contribution in [2.45, 2.75) is 26.2 Å². The maximum Gasteiger partial charge on any atom is 0.225 e. The lowest BCUT2D eigenvalue weighted by molar-refractivity contribution is -0.116.